The average Bonchev–Trinajstić information content (AvgIpc) is 2.80. The topological polar surface area (TPSA) is 85.3 Å². The number of urea groups is 1. The molecule has 2 N–H and O–H groups in total. The van der Waals surface area contributed by atoms with Gasteiger partial charge in [0.2, 0.25) is 0 Å². The summed E-state index contributed by atoms with van der Waals surface area (Å²) in [7, 11) is 5.63. The fraction of sp³-hybridized carbons (Fsp3) is 0.680. The van der Waals surface area contributed by atoms with Crippen LogP contribution in [-0.4, -0.2) is 85.9 Å². The largest absolute Gasteiger partial charge is 0.485 e. The number of nitrogens with zero attached hydrogens (tertiary/aromatic N) is 3. The normalized spacial score (nSPS) is 22.5. The van der Waals surface area contributed by atoms with Crippen molar-refractivity contribution in [2.75, 3.05) is 45.7 Å². The Kier molecular flexibility index (Phi) is 8.46. The molecule has 0 bridgehead atoms. The number of hydrogen-bond donors (Lipinski definition) is 2. The summed E-state index contributed by atoms with van der Waals surface area (Å²) in [6.07, 6.45) is 5.32. The fourth-order valence-corrected chi connectivity index (χ4v) is 4.68. The molecule has 3 rings (SSSR count). The Morgan fingerprint density at radius 3 is 2.58 bits per heavy atom. The number of carbonyl (C=O) groups excluding carboxylic acids is 2. The number of amides is 3. The van der Waals surface area contributed by atoms with Crippen molar-refractivity contribution in [2.24, 2.45) is 5.92 Å². The summed E-state index contributed by atoms with van der Waals surface area (Å²) in [6, 6.07) is 5.38. The number of rotatable bonds is 6. The molecule has 184 valence electrons. The van der Waals surface area contributed by atoms with Crippen LogP contribution in [-0.2, 0) is 0 Å². The molecule has 3 amide bonds. The molecule has 1 saturated carbocycles. The maximum absolute atomic E-state index is 13.4. The van der Waals surface area contributed by atoms with Crippen molar-refractivity contribution < 1.29 is 19.4 Å². The van der Waals surface area contributed by atoms with Crippen molar-refractivity contribution >= 4 is 17.6 Å². The van der Waals surface area contributed by atoms with Crippen LogP contribution in [0, 0.1) is 5.92 Å². The highest BCUT2D eigenvalue weighted by Crippen LogP contribution is 2.36. The van der Waals surface area contributed by atoms with Crippen LogP contribution in [0.5, 0.6) is 5.75 Å². The van der Waals surface area contributed by atoms with Crippen LogP contribution in [0.1, 0.15) is 56.3 Å². The predicted octanol–water partition coefficient (Wildman–Crippen LogP) is 2.95. The van der Waals surface area contributed by atoms with Gasteiger partial charge in [0.05, 0.1) is 30.4 Å². The van der Waals surface area contributed by atoms with Crippen LogP contribution in [0.25, 0.3) is 0 Å². The quantitative estimate of drug-likeness (QED) is 0.682. The van der Waals surface area contributed by atoms with Crippen molar-refractivity contribution in [3.63, 3.8) is 0 Å². The van der Waals surface area contributed by atoms with Crippen LogP contribution in [0.4, 0.5) is 10.5 Å². The van der Waals surface area contributed by atoms with Crippen LogP contribution in [0.2, 0.25) is 0 Å². The minimum absolute atomic E-state index is 0.0451. The lowest BCUT2D eigenvalue weighted by molar-refractivity contribution is 0.0367. The summed E-state index contributed by atoms with van der Waals surface area (Å²) in [6.45, 7) is 4.61. The van der Waals surface area contributed by atoms with Gasteiger partial charge >= 0.3 is 6.03 Å². The minimum Gasteiger partial charge on any atom is -0.485 e. The molecule has 1 heterocycles. The van der Waals surface area contributed by atoms with Crippen molar-refractivity contribution in [3.05, 3.63) is 23.8 Å². The first-order chi connectivity index (χ1) is 15.7. The number of benzene rings is 1. The van der Waals surface area contributed by atoms with Gasteiger partial charge in [-0.3, -0.25) is 4.79 Å². The Morgan fingerprint density at radius 2 is 1.94 bits per heavy atom. The fourth-order valence-electron chi connectivity index (χ4n) is 4.68. The van der Waals surface area contributed by atoms with Gasteiger partial charge in [0.25, 0.3) is 5.91 Å². The van der Waals surface area contributed by atoms with Gasteiger partial charge in [-0.15, -0.1) is 0 Å². The van der Waals surface area contributed by atoms with Gasteiger partial charge in [0, 0.05) is 39.6 Å². The minimum atomic E-state index is -0.318. The summed E-state index contributed by atoms with van der Waals surface area (Å²) in [5.74, 6) is 0.334. The Hall–Kier alpha value is -2.48. The molecule has 3 atom stereocenters. The lowest BCUT2D eigenvalue weighted by Crippen LogP contribution is -2.52. The molecule has 33 heavy (non-hydrogen) atoms. The summed E-state index contributed by atoms with van der Waals surface area (Å²) in [5, 5.41) is 13.0. The smallest absolute Gasteiger partial charge is 0.317 e. The highest BCUT2D eigenvalue weighted by atomic mass is 16.5. The van der Waals surface area contributed by atoms with Gasteiger partial charge in [-0.1, -0.05) is 32.3 Å². The van der Waals surface area contributed by atoms with E-state index in [1.54, 1.807) is 22.9 Å². The van der Waals surface area contributed by atoms with Crippen LogP contribution in [0.3, 0.4) is 0 Å². The molecular formula is C25H40N4O4. The van der Waals surface area contributed by atoms with E-state index in [0.29, 0.717) is 24.4 Å². The zero-order chi connectivity index (χ0) is 24.1. The van der Waals surface area contributed by atoms with Crippen molar-refractivity contribution in [1.29, 1.82) is 0 Å². The third-order valence-electron chi connectivity index (χ3n) is 6.89. The number of para-hydroxylation sites is 1. The molecule has 0 spiro atoms. The molecule has 1 aliphatic carbocycles. The zero-order valence-corrected chi connectivity index (χ0v) is 20.7. The molecule has 8 heteroatoms. The molecular weight excluding hydrogens is 420 g/mol. The molecule has 0 saturated heterocycles. The van der Waals surface area contributed by atoms with Gasteiger partial charge < -0.3 is 29.9 Å². The van der Waals surface area contributed by atoms with Crippen molar-refractivity contribution in [1.82, 2.24) is 15.1 Å². The highest BCUT2D eigenvalue weighted by molar-refractivity contribution is 5.99. The van der Waals surface area contributed by atoms with E-state index in [-0.39, 0.29) is 42.7 Å². The summed E-state index contributed by atoms with van der Waals surface area (Å²) < 4.78 is 6.51. The summed E-state index contributed by atoms with van der Waals surface area (Å²) >= 11 is 0. The van der Waals surface area contributed by atoms with E-state index in [1.165, 1.54) is 6.42 Å². The Labute approximate surface area is 197 Å². The number of hydrogen-bond acceptors (Lipinski definition) is 5. The highest BCUT2D eigenvalue weighted by Gasteiger charge is 2.35. The van der Waals surface area contributed by atoms with E-state index in [1.807, 2.05) is 45.0 Å². The Balaban J connectivity index is 1.86. The number of likely N-dealkylation sites (N-methyl/N-ethyl adjacent to an activating group) is 1. The maximum atomic E-state index is 13.4. The SMILES string of the molecule is C[C@H](CO)N1C[C@H](C)[C@@H](CN(C)C(=O)NC2CCCCC2)Oc2c(cccc2N(C)C)C1=O. The number of carbonyl (C=O) groups is 2. The molecule has 1 aromatic rings. The first-order valence-electron chi connectivity index (χ1n) is 12.1. The molecule has 1 fully saturated rings. The first kappa shape index (κ1) is 25.1. The number of aliphatic hydroxyl groups is 1. The lowest BCUT2D eigenvalue weighted by atomic mass is 9.96. The van der Waals surface area contributed by atoms with E-state index in [4.69, 9.17) is 4.74 Å². The monoisotopic (exact) mass is 460 g/mol. The van der Waals surface area contributed by atoms with Crippen LogP contribution >= 0.6 is 0 Å². The van der Waals surface area contributed by atoms with Gasteiger partial charge in [0.1, 0.15) is 6.10 Å². The van der Waals surface area contributed by atoms with Crippen LogP contribution < -0.4 is 15.0 Å². The standard InChI is InChI=1S/C25H40N4O4/c1-17-14-29(18(2)16-30)24(31)20-12-9-13-21(27(3)4)23(20)33-22(17)15-28(5)25(32)26-19-10-7-6-8-11-19/h9,12-13,17-19,22,30H,6-8,10-11,14-16H2,1-5H3,(H,26,32)/t17-,18+,22+/m0/s1. The third-order valence-corrected chi connectivity index (χ3v) is 6.89. The molecule has 0 aromatic heterocycles. The number of anilines is 1. The molecule has 0 radical (unpaired) electrons. The van der Waals surface area contributed by atoms with Gasteiger partial charge in [0.15, 0.2) is 5.75 Å². The van der Waals surface area contributed by atoms with Crippen molar-refractivity contribution in [3.8, 4) is 5.75 Å². The van der Waals surface area contributed by atoms with E-state index in [0.717, 1.165) is 31.4 Å². The van der Waals surface area contributed by atoms with Crippen molar-refractivity contribution in [2.45, 2.75) is 64.1 Å². The number of aliphatic hydroxyl groups excluding tert-OH is 1. The second-order valence-corrected chi connectivity index (χ2v) is 9.84. The summed E-state index contributed by atoms with van der Waals surface area (Å²) in [4.78, 5) is 31.6. The van der Waals surface area contributed by atoms with Crippen LogP contribution in [0.15, 0.2) is 18.2 Å². The Morgan fingerprint density at radius 1 is 1.24 bits per heavy atom. The Bertz CT molecular complexity index is 825. The predicted molar refractivity (Wildman–Crippen MR) is 130 cm³/mol. The van der Waals surface area contributed by atoms with E-state index in [9.17, 15) is 14.7 Å². The molecule has 2 aliphatic rings. The van der Waals surface area contributed by atoms with Gasteiger partial charge in [-0.25, -0.2) is 4.79 Å². The first-order valence-corrected chi connectivity index (χ1v) is 12.1. The van der Waals surface area contributed by atoms with E-state index in [2.05, 4.69) is 5.32 Å². The van der Waals surface area contributed by atoms with Gasteiger partial charge in [-0.2, -0.15) is 0 Å². The molecule has 0 unspecified atom stereocenters. The van der Waals surface area contributed by atoms with Gasteiger partial charge in [-0.05, 0) is 31.9 Å². The molecule has 8 nitrogen and oxygen atoms in total. The summed E-state index contributed by atoms with van der Waals surface area (Å²) in [5.41, 5.74) is 1.29. The lowest BCUT2D eigenvalue weighted by Gasteiger charge is -2.39. The number of nitrogens with one attached hydrogen (secondary N) is 1. The number of ether oxygens (including phenoxy) is 1. The second-order valence-electron chi connectivity index (χ2n) is 9.84. The maximum Gasteiger partial charge on any atom is 0.317 e. The van der Waals surface area contributed by atoms with E-state index >= 15 is 0 Å². The molecule has 1 aliphatic heterocycles. The third kappa shape index (κ3) is 5.91. The average molecular weight is 461 g/mol. The second kappa shape index (κ2) is 11.1. The zero-order valence-electron chi connectivity index (χ0n) is 20.7. The van der Waals surface area contributed by atoms with E-state index < -0.39 is 0 Å². The number of fused-ring (bicyclic) bond motifs is 1. The molecule has 1 aromatic carbocycles.